The first-order valence-corrected chi connectivity index (χ1v) is 11.9. The van der Waals surface area contributed by atoms with E-state index >= 15 is 0 Å². The van der Waals surface area contributed by atoms with Crippen LogP contribution in [0.25, 0.3) is 0 Å². The van der Waals surface area contributed by atoms with Crippen LogP contribution in [-0.4, -0.2) is 45.7 Å². The number of rotatable bonds is 5. The second-order valence-electron chi connectivity index (χ2n) is 8.41. The Kier molecular flexibility index (Phi) is 5.73. The van der Waals surface area contributed by atoms with Crippen molar-refractivity contribution in [2.45, 2.75) is 71.1 Å². The highest BCUT2D eigenvalue weighted by Gasteiger charge is 2.47. The Morgan fingerprint density at radius 3 is 2.38 bits per heavy atom. The van der Waals surface area contributed by atoms with E-state index in [0.717, 1.165) is 0 Å². The molecule has 0 unspecified atom stereocenters. The Labute approximate surface area is 156 Å². The SMILES string of the molecule is COC(=O)[C@H](C)OC(=O)C1=C(O[Si](C)(C)C(C)(C)C)[C@H](C)[C@@H]2C=C[C@@H]1O2. The molecule has 0 spiro atoms. The molecule has 2 bridgehead atoms. The summed E-state index contributed by atoms with van der Waals surface area (Å²) in [5.74, 6) is -0.672. The lowest BCUT2D eigenvalue weighted by Crippen LogP contribution is -2.45. The molecule has 0 saturated heterocycles. The first kappa shape index (κ1) is 20.7. The van der Waals surface area contributed by atoms with Gasteiger partial charge in [-0.2, -0.15) is 0 Å². The van der Waals surface area contributed by atoms with Gasteiger partial charge in [0.15, 0.2) is 6.10 Å². The van der Waals surface area contributed by atoms with E-state index in [1.165, 1.54) is 14.0 Å². The van der Waals surface area contributed by atoms with Crippen LogP contribution in [0.1, 0.15) is 34.6 Å². The second kappa shape index (κ2) is 7.19. The number of methoxy groups -OCH3 is 1. The van der Waals surface area contributed by atoms with Gasteiger partial charge >= 0.3 is 11.9 Å². The maximum atomic E-state index is 12.8. The highest BCUT2D eigenvalue weighted by Crippen LogP contribution is 2.44. The summed E-state index contributed by atoms with van der Waals surface area (Å²) >= 11 is 0. The summed E-state index contributed by atoms with van der Waals surface area (Å²) in [4.78, 5) is 24.5. The Bertz CT molecular complexity index is 643. The first-order chi connectivity index (χ1) is 11.9. The Morgan fingerprint density at radius 2 is 1.85 bits per heavy atom. The smallest absolute Gasteiger partial charge is 0.346 e. The maximum absolute atomic E-state index is 12.8. The summed E-state index contributed by atoms with van der Waals surface area (Å²) in [6, 6.07) is 0. The molecule has 26 heavy (non-hydrogen) atoms. The average molecular weight is 383 g/mol. The van der Waals surface area contributed by atoms with Crippen LogP contribution in [-0.2, 0) is 28.2 Å². The van der Waals surface area contributed by atoms with Gasteiger partial charge in [-0.25, -0.2) is 9.59 Å². The van der Waals surface area contributed by atoms with Gasteiger partial charge in [-0.3, -0.25) is 0 Å². The molecule has 2 heterocycles. The third kappa shape index (κ3) is 3.88. The van der Waals surface area contributed by atoms with Crippen molar-refractivity contribution >= 4 is 20.3 Å². The largest absolute Gasteiger partial charge is 0.546 e. The zero-order valence-corrected chi connectivity index (χ0v) is 17.9. The predicted molar refractivity (Wildman–Crippen MR) is 99.8 cm³/mol. The predicted octanol–water partition coefficient (Wildman–Crippen LogP) is 3.34. The molecule has 0 amide bonds. The van der Waals surface area contributed by atoms with Gasteiger partial charge in [0.05, 0.1) is 19.0 Å². The van der Waals surface area contributed by atoms with Gasteiger partial charge in [0.1, 0.15) is 11.7 Å². The van der Waals surface area contributed by atoms with E-state index in [1.807, 2.05) is 19.1 Å². The summed E-state index contributed by atoms with van der Waals surface area (Å²) in [6.07, 6.45) is 2.19. The standard InChI is InChI=1S/C19H30O6Si/c1-11-13-9-10-14(24-13)15(18(21)23-12(2)17(20)22-6)16(11)25-26(7,8)19(3,4)5/h9-14H,1-8H3/t11-,12+,13+,14+/m1/s1. The minimum atomic E-state index is -2.16. The molecule has 146 valence electrons. The number of hydrogen-bond donors (Lipinski definition) is 0. The quantitative estimate of drug-likeness (QED) is 0.413. The van der Waals surface area contributed by atoms with Gasteiger partial charge in [-0.1, -0.05) is 39.8 Å². The van der Waals surface area contributed by atoms with Crippen LogP contribution in [0.2, 0.25) is 18.1 Å². The number of fused-ring (bicyclic) bond motifs is 2. The molecule has 0 aromatic carbocycles. The van der Waals surface area contributed by atoms with Crippen LogP contribution < -0.4 is 0 Å². The van der Waals surface area contributed by atoms with E-state index in [2.05, 4.69) is 38.6 Å². The normalized spacial score (nSPS) is 26.5. The van der Waals surface area contributed by atoms with Crippen molar-refractivity contribution in [3.05, 3.63) is 23.5 Å². The molecule has 7 heteroatoms. The Morgan fingerprint density at radius 1 is 1.23 bits per heavy atom. The third-order valence-corrected chi connectivity index (χ3v) is 9.79. The molecule has 2 aliphatic heterocycles. The van der Waals surface area contributed by atoms with Crippen LogP contribution in [0.5, 0.6) is 0 Å². The molecule has 2 aliphatic rings. The molecular formula is C19H30O6Si. The minimum absolute atomic E-state index is 0.0151. The maximum Gasteiger partial charge on any atom is 0.346 e. The second-order valence-corrected chi connectivity index (χ2v) is 13.1. The van der Waals surface area contributed by atoms with Crippen LogP contribution in [0, 0.1) is 5.92 Å². The van der Waals surface area contributed by atoms with Crippen LogP contribution >= 0.6 is 0 Å². The molecular weight excluding hydrogens is 352 g/mol. The number of hydrogen-bond acceptors (Lipinski definition) is 6. The topological polar surface area (TPSA) is 71.1 Å². The molecule has 2 rings (SSSR count). The van der Waals surface area contributed by atoms with E-state index in [1.54, 1.807) is 0 Å². The molecule has 0 N–H and O–H groups in total. The van der Waals surface area contributed by atoms with Gasteiger partial charge in [-0.15, -0.1) is 0 Å². The molecule has 0 saturated carbocycles. The van der Waals surface area contributed by atoms with Crippen LogP contribution in [0.15, 0.2) is 23.5 Å². The fourth-order valence-electron chi connectivity index (χ4n) is 2.68. The third-order valence-electron chi connectivity index (χ3n) is 5.44. The van der Waals surface area contributed by atoms with E-state index < -0.39 is 32.5 Å². The lowest BCUT2D eigenvalue weighted by molar-refractivity contribution is -0.163. The Balaban J connectivity index is 2.39. The molecule has 6 nitrogen and oxygen atoms in total. The van der Waals surface area contributed by atoms with Crippen molar-refractivity contribution in [2.75, 3.05) is 7.11 Å². The van der Waals surface area contributed by atoms with Gasteiger partial charge < -0.3 is 18.6 Å². The molecule has 4 atom stereocenters. The number of esters is 2. The minimum Gasteiger partial charge on any atom is -0.546 e. The van der Waals surface area contributed by atoms with Gasteiger partial charge in [0, 0.05) is 5.92 Å². The lowest BCUT2D eigenvalue weighted by Gasteiger charge is -2.41. The summed E-state index contributed by atoms with van der Waals surface area (Å²) in [7, 11) is -0.904. The van der Waals surface area contributed by atoms with Crippen molar-refractivity contribution in [1.29, 1.82) is 0 Å². The lowest BCUT2D eigenvalue weighted by atomic mass is 9.96. The fraction of sp³-hybridized carbons (Fsp3) is 0.684. The fourth-order valence-corrected chi connectivity index (χ4v) is 3.84. The van der Waals surface area contributed by atoms with Crippen molar-refractivity contribution in [3.8, 4) is 0 Å². The number of ether oxygens (including phenoxy) is 3. The van der Waals surface area contributed by atoms with Gasteiger partial charge in [-0.05, 0) is 25.1 Å². The monoisotopic (exact) mass is 382 g/mol. The highest BCUT2D eigenvalue weighted by atomic mass is 28.4. The molecule has 0 aromatic heterocycles. The molecule has 0 aliphatic carbocycles. The molecule has 0 fully saturated rings. The van der Waals surface area contributed by atoms with Crippen LogP contribution in [0.4, 0.5) is 0 Å². The first-order valence-electron chi connectivity index (χ1n) is 8.94. The van der Waals surface area contributed by atoms with E-state index in [9.17, 15) is 9.59 Å². The van der Waals surface area contributed by atoms with Crippen LogP contribution in [0.3, 0.4) is 0 Å². The Hall–Kier alpha value is -1.60. The van der Waals surface area contributed by atoms with Crippen molar-refractivity contribution in [2.24, 2.45) is 5.92 Å². The summed E-state index contributed by atoms with van der Waals surface area (Å²) < 4.78 is 22.4. The van der Waals surface area contributed by atoms with Crippen molar-refractivity contribution in [1.82, 2.24) is 0 Å². The van der Waals surface area contributed by atoms with Crippen molar-refractivity contribution < 1.29 is 28.2 Å². The summed E-state index contributed by atoms with van der Waals surface area (Å²) in [6.45, 7) is 14.2. The number of carbonyl (C=O) groups excluding carboxylic acids is 2. The number of carbonyl (C=O) groups is 2. The van der Waals surface area contributed by atoms with Gasteiger partial charge in [0.25, 0.3) is 0 Å². The summed E-state index contributed by atoms with van der Waals surface area (Å²) in [5, 5.41) is -0.0151. The highest BCUT2D eigenvalue weighted by molar-refractivity contribution is 6.74. The molecule has 0 radical (unpaired) electrons. The van der Waals surface area contributed by atoms with E-state index in [-0.39, 0.29) is 17.1 Å². The summed E-state index contributed by atoms with van der Waals surface area (Å²) in [5.41, 5.74) is 0.350. The zero-order chi connectivity index (χ0) is 19.9. The van der Waals surface area contributed by atoms with E-state index in [4.69, 9.17) is 13.9 Å². The average Bonchev–Trinajstić information content (AvgIpc) is 2.96. The zero-order valence-electron chi connectivity index (χ0n) is 16.9. The van der Waals surface area contributed by atoms with E-state index in [0.29, 0.717) is 11.3 Å². The van der Waals surface area contributed by atoms with Crippen molar-refractivity contribution in [3.63, 3.8) is 0 Å². The molecule has 0 aromatic rings. The van der Waals surface area contributed by atoms with Gasteiger partial charge in [0.2, 0.25) is 8.32 Å².